The third kappa shape index (κ3) is 2.90. The van der Waals surface area contributed by atoms with Crippen LogP contribution in [0.1, 0.15) is 43.4 Å². The van der Waals surface area contributed by atoms with E-state index in [1.54, 1.807) is 7.11 Å². The molecule has 0 amide bonds. The maximum atomic E-state index is 5.33. The smallest absolute Gasteiger partial charge is 0.0543 e. The highest BCUT2D eigenvalue weighted by atomic mass is 16.5. The van der Waals surface area contributed by atoms with Gasteiger partial charge in [0.2, 0.25) is 0 Å². The molecular weight excluding hydrogens is 224 g/mol. The number of hydrogen-bond acceptors (Lipinski definition) is 3. The fourth-order valence-corrected chi connectivity index (χ4v) is 2.91. The van der Waals surface area contributed by atoms with E-state index in [0.717, 1.165) is 12.8 Å². The summed E-state index contributed by atoms with van der Waals surface area (Å²) in [7, 11) is 3.84. The summed E-state index contributed by atoms with van der Waals surface area (Å²) in [4.78, 5) is 4.59. The van der Waals surface area contributed by atoms with Crippen LogP contribution < -0.4 is 5.32 Å². The molecule has 3 nitrogen and oxygen atoms in total. The van der Waals surface area contributed by atoms with Crippen LogP contribution in [-0.2, 0) is 11.2 Å². The van der Waals surface area contributed by atoms with E-state index in [9.17, 15) is 0 Å². The van der Waals surface area contributed by atoms with Crippen molar-refractivity contribution in [1.29, 1.82) is 0 Å². The van der Waals surface area contributed by atoms with Gasteiger partial charge in [-0.3, -0.25) is 4.98 Å². The standard InChI is InChI=1S/C15H24N2O/c1-11(18-3)6-9-14(16-2)13-8-7-12-5-4-10-17-15(12)13/h4-5,10-11,13-14,16H,6-9H2,1-3H3. The molecule has 0 spiro atoms. The molecule has 2 rings (SSSR count). The van der Waals surface area contributed by atoms with Gasteiger partial charge in [-0.15, -0.1) is 0 Å². The number of hydrogen-bond donors (Lipinski definition) is 1. The lowest BCUT2D eigenvalue weighted by Gasteiger charge is -2.24. The molecule has 0 fully saturated rings. The molecule has 1 aliphatic rings. The second-order valence-electron chi connectivity index (χ2n) is 5.21. The zero-order valence-corrected chi connectivity index (χ0v) is 11.6. The van der Waals surface area contributed by atoms with E-state index >= 15 is 0 Å². The summed E-state index contributed by atoms with van der Waals surface area (Å²) in [5.41, 5.74) is 2.74. The van der Waals surface area contributed by atoms with Gasteiger partial charge in [0.15, 0.2) is 0 Å². The lowest BCUT2D eigenvalue weighted by molar-refractivity contribution is 0.105. The summed E-state index contributed by atoms with van der Waals surface area (Å²) >= 11 is 0. The number of methoxy groups -OCH3 is 1. The molecule has 1 heterocycles. The van der Waals surface area contributed by atoms with Crippen molar-refractivity contribution in [3.8, 4) is 0 Å². The molecule has 0 saturated heterocycles. The Bertz CT molecular complexity index is 381. The zero-order chi connectivity index (χ0) is 13.0. The van der Waals surface area contributed by atoms with Gasteiger partial charge in [-0.2, -0.15) is 0 Å². The fraction of sp³-hybridized carbons (Fsp3) is 0.667. The van der Waals surface area contributed by atoms with Crippen LogP contribution in [0.5, 0.6) is 0 Å². The third-order valence-electron chi connectivity index (χ3n) is 4.15. The number of aromatic nitrogens is 1. The van der Waals surface area contributed by atoms with E-state index in [-0.39, 0.29) is 0 Å². The maximum absolute atomic E-state index is 5.33. The van der Waals surface area contributed by atoms with Crippen LogP contribution in [0, 0.1) is 0 Å². The minimum atomic E-state index is 0.338. The van der Waals surface area contributed by atoms with Crippen LogP contribution in [0.2, 0.25) is 0 Å². The first-order chi connectivity index (χ1) is 8.76. The van der Waals surface area contributed by atoms with Gasteiger partial charge in [-0.05, 0) is 51.3 Å². The van der Waals surface area contributed by atoms with Crippen LogP contribution >= 0.6 is 0 Å². The highest BCUT2D eigenvalue weighted by Crippen LogP contribution is 2.35. The van der Waals surface area contributed by atoms with Gasteiger partial charge in [0.25, 0.3) is 0 Å². The molecule has 0 aliphatic heterocycles. The first-order valence-corrected chi connectivity index (χ1v) is 6.90. The van der Waals surface area contributed by atoms with E-state index in [2.05, 4.69) is 30.3 Å². The Morgan fingerprint density at radius 3 is 3.06 bits per heavy atom. The summed E-state index contributed by atoms with van der Waals surface area (Å²) in [5, 5.41) is 3.47. The van der Waals surface area contributed by atoms with Crippen molar-refractivity contribution >= 4 is 0 Å². The normalized spacial score (nSPS) is 21.6. The van der Waals surface area contributed by atoms with Crippen molar-refractivity contribution in [2.75, 3.05) is 14.2 Å². The second-order valence-corrected chi connectivity index (χ2v) is 5.21. The Morgan fingerprint density at radius 2 is 2.33 bits per heavy atom. The number of likely N-dealkylation sites (N-methyl/N-ethyl adjacent to an activating group) is 1. The quantitative estimate of drug-likeness (QED) is 0.840. The first kappa shape index (κ1) is 13.5. The molecular formula is C15H24N2O. The van der Waals surface area contributed by atoms with Crippen molar-refractivity contribution in [3.05, 3.63) is 29.6 Å². The average molecular weight is 248 g/mol. The van der Waals surface area contributed by atoms with Crippen molar-refractivity contribution in [2.24, 2.45) is 0 Å². The third-order valence-corrected chi connectivity index (χ3v) is 4.15. The van der Waals surface area contributed by atoms with Crippen molar-refractivity contribution in [3.63, 3.8) is 0 Å². The van der Waals surface area contributed by atoms with Crippen molar-refractivity contribution < 1.29 is 4.74 Å². The summed E-state index contributed by atoms with van der Waals surface area (Å²) in [6, 6.07) is 4.77. The van der Waals surface area contributed by atoms with E-state index in [4.69, 9.17) is 4.74 Å². The molecule has 100 valence electrons. The molecule has 3 atom stereocenters. The van der Waals surface area contributed by atoms with Gasteiger partial charge in [0.05, 0.1) is 6.10 Å². The monoisotopic (exact) mass is 248 g/mol. The predicted molar refractivity (Wildman–Crippen MR) is 73.9 cm³/mol. The maximum Gasteiger partial charge on any atom is 0.0543 e. The molecule has 3 heteroatoms. The molecule has 1 aliphatic carbocycles. The molecule has 1 aromatic rings. The number of aryl methyl sites for hydroxylation is 1. The fourth-order valence-electron chi connectivity index (χ4n) is 2.91. The zero-order valence-electron chi connectivity index (χ0n) is 11.6. The Morgan fingerprint density at radius 1 is 1.50 bits per heavy atom. The van der Waals surface area contributed by atoms with Crippen LogP contribution in [-0.4, -0.2) is 31.3 Å². The summed E-state index contributed by atoms with van der Waals surface area (Å²) < 4.78 is 5.33. The number of fused-ring (bicyclic) bond motifs is 1. The van der Waals surface area contributed by atoms with Gasteiger partial charge >= 0.3 is 0 Å². The molecule has 0 radical (unpaired) electrons. The Balaban J connectivity index is 2.01. The second kappa shape index (κ2) is 6.30. The number of rotatable bonds is 6. The lowest BCUT2D eigenvalue weighted by Crippen LogP contribution is -2.32. The molecule has 1 aromatic heterocycles. The summed E-state index contributed by atoms with van der Waals surface area (Å²) in [6.07, 6.45) is 6.89. The summed E-state index contributed by atoms with van der Waals surface area (Å²) in [5.74, 6) is 0.565. The average Bonchev–Trinajstić information content (AvgIpc) is 2.83. The topological polar surface area (TPSA) is 34.1 Å². The summed E-state index contributed by atoms with van der Waals surface area (Å²) in [6.45, 7) is 2.13. The predicted octanol–water partition coefficient (Wildman–Crippen LogP) is 2.51. The van der Waals surface area contributed by atoms with E-state index < -0.39 is 0 Å². The molecule has 0 aromatic carbocycles. The van der Waals surface area contributed by atoms with Gasteiger partial charge in [0.1, 0.15) is 0 Å². The van der Waals surface area contributed by atoms with E-state index in [1.807, 2.05) is 12.3 Å². The van der Waals surface area contributed by atoms with Crippen molar-refractivity contribution in [2.45, 2.75) is 50.7 Å². The Hall–Kier alpha value is -0.930. The molecule has 3 unspecified atom stereocenters. The highest BCUT2D eigenvalue weighted by molar-refractivity contribution is 5.29. The van der Waals surface area contributed by atoms with Crippen LogP contribution in [0.15, 0.2) is 18.3 Å². The molecule has 1 N–H and O–H groups in total. The van der Waals surface area contributed by atoms with E-state index in [0.29, 0.717) is 18.1 Å². The van der Waals surface area contributed by atoms with Gasteiger partial charge < -0.3 is 10.1 Å². The largest absolute Gasteiger partial charge is 0.382 e. The number of nitrogens with zero attached hydrogens (tertiary/aromatic N) is 1. The molecule has 0 saturated carbocycles. The number of ether oxygens (including phenoxy) is 1. The van der Waals surface area contributed by atoms with Crippen LogP contribution in [0.3, 0.4) is 0 Å². The minimum Gasteiger partial charge on any atom is -0.382 e. The van der Waals surface area contributed by atoms with Crippen molar-refractivity contribution in [1.82, 2.24) is 10.3 Å². The highest BCUT2D eigenvalue weighted by Gasteiger charge is 2.29. The molecule has 0 bridgehead atoms. The molecule has 18 heavy (non-hydrogen) atoms. The number of nitrogens with one attached hydrogen (secondary N) is 1. The SMILES string of the molecule is CNC(CCC(C)OC)C1CCc2cccnc21. The van der Waals surface area contributed by atoms with Gasteiger partial charge in [-0.25, -0.2) is 0 Å². The van der Waals surface area contributed by atoms with E-state index in [1.165, 1.54) is 24.1 Å². The van der Waals surface area contributed by atoms with Crippen LogP contribution in [0.4, 0.5) is 0 Å². The van der Waals surface area contributed by atoms with Crippen LogP contribution in [0.25, 0.3) is 0 Å². The number of pyridine rings is 1. The first-order valence-electron chi connectivity index (χ1n) is 6.90. The lowest BCUT2D eigenvalue weighted by atomic mass is 9.92. The Kier molecular flexibility index (Phi) is 4.72. The van der Waals surface area contributed by atoms with Gasteiger partial charge in [0, 0.05) is 31.0 Å². The Labute approximate surface area is 110 Å². The van der Waals surface area contributed by atoms with Gasteiger partial charge in [-0.1, -0.05) is 6.07 Å². The minimum absolute atomic E-state index is 0.338.